The zero-order chi connectivity index (χ0) is 22.9. The van der Waals surface area contributed by atoms with E-state index >= 15 is 0 Å². The maximum absolute atomic E-state index is 5.31. The van der Waals surface area contributed by atoms with Crippen molar-refractivity contribution in [1.82, 2.24) is 4.90 Å². The number of aliphatic imine (C=N–C) groups is 1. The number of ether oxygens (including phenoxy) is 2. The summed E-state index contributed by atoms with van der Waals surface area (Å²) < 4.78 is 10.6. The molecule has 0 spiro atoms. The molecule has 32 heavy (non-hydrogen) atoms. The Morgan fingerprint density at radius 1 is 0.781 bits per heavy atom. The van der Waals surface area contributed by atoms with E-state index in [-0.39, 0.29) is 0 Å². The van der Waals surface area contributed by atoms with Crippen LogP contribution in [0.2, 0.25) is 0 Å². The number of thioether (sulfide) groups is 1. The molecule has 0 aliphatic heterocycles. The number of hydrogen-bond donors (Lipinski definition) is 0. The maximum atomic E-state index is 5.31. The second kappa shape index (κ2) is 11.6. The van der Waals surface area contributed by atoms with Gasteiger partial charge in [-0.15, -0.1) is 0 Å². The summed E-state index contributed by atoms with van der Waals surface area (Å²) in [6.45, 7) is 5.91. The summed E-state index contributed by atoms with van der Waals surface area (Å²) in [7, 11) is 3.38. The first kappa shape index (κ1) is 23.7. The standard InChI is InChI=1S/C27H32N2O2S/c1-20(2)23-10-12-24(13-11-23)28-27(32-5)29(18-21-6-14-25(30-3)15-7-21)19-22-8-16-26(31-4)17-9-22/h6-17,20H,18-19H2,1-5H3. The van der Waals surface area contributed by atoms with Crippen LogP contribution in [-0.4, -0.2) is 30.5 Å². The van der Waals surface area contributed by atoms with Crippen LogP contribution in [-0.2, 0) is 13.1 Å². The van der Waals surface area contributed by atoms with Gasteiger partial charge in [0.15, 0.2) is 5.17 Å². The lowest BCUT2D eigenvalue weighted by Gasteiger charge is -2.26. The van der Waals surface area contributed by atoms with Gasteiger partial charge in [-0.25, -0.2) is 4.99 Å². The molecular formula is C27H32N2O2S. The number of rotatable bonds is 8. The van der Waals surface area contributed by atoms with Gasteiger partial charge in [0.25, 0.3) is 0 Å². The van der Waals surface area contributed by atoms with Crippen molar-refractivity contribution in [3.05, 3.63) is 89.5 Å². The number of hydrogen-bond acceptors (Lipinski definition) is 4. The third-order valence-electron chi connectivity index (χ3n) is 5.30. The van der Waals surface area contributed by atoms with E-state index in [0.29, 0.717) is 5.92 Å². The molecule has 0 radical (unpaired) electrons. The maximum Gasteiger partial charge on any atom is 0.164 e. The number of nitrogens with zero attached hydrogens (tertiary/aromatic N) is 2. The van der Waals surface area contributed by atoms with E-state index in [4.69, 9.17) is 14.5 Å². The van der Waals surface area contributed by atoms with Crippen molar-refractivity contribution < 1.29 is 9.47 Å². The van der Waals surface area contributed by atoms with Crippen molar-refractivity contribution in [3.8, 4) is 11.5 Å². The van der Waals surface area contributed by atoms with Gasteiger partial charge in [0, 0.05) is 13.1 Å². The van der Waals surface area contributed by atoms with Gasteiger partial charge in [-0.2, -0.15) is 0 Å². The summed E-state index contributed by atoms with van der Waals surface area (Å²) in [6.07, 6.45) is 2.08. The molecule has 0 aliphatic rings. The van der Waals surface area contributed by atoms with Gasteiger partial charge in [-0.1, -0.05) is 62.0 Å². The molecule has 168 valence electrons. The summed E-state index contributed by atoms with van der Waals surface area (Å²) >= 11 is 1.66. The minimum Gasteiger partial charge on any atom is -0.497 e. The quantitative estimate of drug-likeness (QED) is 0.278. The highest BCUT2D eigenvalue weighted by molar-refractivity contribution is 8.13. The second-order valence-electron chi connectivity index (χ2n) is 7.90. The Morgan fingerprint density at radius 3 is 1.62 bits per heavy atom. The first-order chi connectivity index (χ1) is 15.5. The molecule has 0 aliphatic carbocycles. The van der Waals surface area contributed by atoms with E-state index in [1.807, 2.05) is 24.3 Å². The van der Waals surface area contributed by atoms with Crippen LogP contribution in [0, 0.1) is 0 Å². The lowest BCUT2D eigenvalue weighted by atomic mass is 10.0. The van der Waals surface area contributed by atoms with E-state index in [1.165, 1.54) is 16.7 Å². The fourth-order valence-corrected chi connectivity index (χ4v) is 3.97. The van der Waals surface area contributed by atoms with Gasteiger partial charge in [-0.3, -0.25) is 0 Å². The molecule has 0 aromatic heterocycles. The summed E-state index contributed by atoms with van der Waals surface area (Å²) in [5.74, 6) is 2.23. The number of benzene rings is 3. The van der Waals surface area contributed by atoms with E-state index in [2.05, 4.69) is 73.5 Å². The van der Waals surface area contributed by atoms with Crippen molar-refractivity contribution in [2.45, 2.75) is 32.9 Å². The Hall–Kier alpha value is -2.92. The van der Waals surface area contributed by atoms with Crippen molar-refractivity contribution in [3.63, 3.8) is 0 Å². The molecular weight excluding hydrogens is 416 g/mol. The highest BCUT2D eigenvalue weighted by Crippen LogP contribution is 2.24. The predicted octanol–water partition coefficient (Wildman–Crippen LogP) is 6.88. The molecule has 0 saturated heterocycles. The van der Waals surface area contributed by atoms with Crippen LogP contribution in [0.3, 0.4) is 0 Å². The first-order valence-corrected chi connectivity index (χ1v) is 12.0. The smallest absolute Gasteiger partial charge is 0.164 e. The van der Waals surface area contributed by atoms with Crippen LogP contribution in [0.25, 0.3) is 0 Å². The van der Waals surface area contributed by atoms with Gasteiger partial charge in [0.05, 0.1) is 19.9 Å². The molecule has 5 heteroatoms. The Kier molecular flexibility index (Phi) is 8.63. The highest BCUT2D eigenvalue weighted by atomic mass is 32.2. The minimum absolute atomic E-state index is 0.509. The molecule has 3 aromatic rings. The Bertz CT molecular complexity index is 948. The topological polar surface area (TPSA) is 34.1 Å². The van der Waals surface area contributed by atoms with Crippen LogP contribution in [0.5, 0.6) is 11.5 Å². The van der Waals surface area contributed by atoms with Crippen LogP contribution in [0.4, 0.5) is 5.69 Å². The molecule has 0 atom stereocenters. The molecule has 0 heterocycles. The SMILES string of the molecule is COc1ccc(CN(Cc2ccc(OC)cc2)C(=Nc2ccc(C(C)C)cc2)SC)cc1. The summed E-state index contributed by atoms with van der Waals surface area (Å²) in [5, 5.41) is 0.980. The van der Waals surface area contributed by atoms with Gasteiger partial charge in [0.2, 0.25) is 0 Å². The molecule has 0 unspecified atom stereocenters. The lowest BCUT2D eigenvalue weighted by molar-refractivity contribution is 0.405. The van der Waals surface area contributed by atoms with Gasteiger partial charge < -0.3 is 14.4 Å². The average Bonchev–Trinajstić information content (AvgIpc) is 2.83. The normalized spacial score (nSPS) is 11.5. The van der Waals surface area contributed by atoms with Crippen LogP contribution < -0.4 is 9.47 Å². The second-order valence-corrected chi connectivity index (χ2v) is 8.67. The molecule has 3 aromatic carbocycles. The Labute approximate surface area is 196 Å². The van der Waals surface area contributed by atoms with Gasteiger partial charge >= 0.3 is 0 Å². The predicted molar refractivity (Wildman–Crippen MR) is 136 cm³/mol. The number of methoxy groups -OCH3 is 2. The lowest BCUT2D eigenvalue weighted by Crippen LogP contribution is -2.27. The zero-order valence-electron chi connectivity index (χ0n) is 19.5. The van der Waals surface area contributed by atoms with E-state index < -0.39 is 0 Å². The zero-order valence-corrected chi connectivity index (χ0v) is 20.4. The van der Waals surface area contributed by atoms with Crippen molar-refractivity contribution in [1.29, 1.82) is 0 Å². The Balaban J connectivity index is 1.89. The van der Waals surface area contributed by atoms with Gasteiger partial charge in [0.1, 0.15) is 11.5 Å². The first-order valence-electron chi connectivity index (χ1n) is 10.8. The van der Waals surface area contributed by atoms with Crippen LogP contribution in [0.1, 0.15) is 36.5 Å². The van der Waals surface area contributed by atoms with Crippen LogP contribution in [0.15, 0.2) is 77.8 Å². The fraction of sp³-hybridized carbons (Fsp3) is 0.296. The Morgan fingerprint density at radius 2 is 1.25 bits per heavy atom. The molecule has 4 nitrogen and oxygen atoms in total. The van der Waals surface area contributed by atoms with E-state index in [0.717, 1.165) is 35.4 Å². The molecule has 0 N–H and O–H groups in total. The van der Waals surface area contributed by atoms with Crippen LogP contribution >= 0.6 is 11.8 Å². The molecule has 0 saturated carbocycles. The average molecular weight is 449 g/mol. The number of amidine groups is 1. The largest absolute Gasteiger partial charge is 0.497 e. The molecule has 0 bridgehead atoms. The highest BCUT2D eigenvalue weighted by Gasteiger charge is 2.13. The molecule has 0 amide bonds. The molecule has 3 rings (SSSR count). The van der Waals surface area contributed by atoms with Crippen molar-refractivity contribution in [2.24, 2.45) is 4.99 Å². The summed E-state index contributed by atoms with van der Waals surface area (Å²) in [4.78, 5) is 7.30. The van der Waals surface area contributed by atoms with E-state index in [1.54, 1.807) is 26.0 Å². The third kappa shape index (κ3) is 6.54. The summed E-state index contributed by atoms with van der Waals surface area (Å²) in [5.41, 5.74) is 4.70. The molecule has 0 fully saturated rings. The van der Waals surface area contributed by atoms with Gasteiger partial charge in [-0.05, 0) is 65.3 Å². The minimum atomic E-state index is 0.509. The van der Waals surface area contributed by atoms with Crippen molar-refractivity contribution in [2.75, 3.05) is 20.5 Å². The fourth-order valence-electron chi connectivity index (χ4n) is 3.38. The summed E-state index contributed by atoms with van der Waals surface area (Å²) in [6, 6.07) is 25.0. The third-order valence-corrected chi connectivity index (χ3v) is 6.02. The van der Waals surface area contributed by atoms with Crippen molar-refractivity contribution >= 4 is 22.6 Å². The monoisotopic (exact) mass is 448 g/mol. The van der Waals surface area contributed by atoms with E-state index in [9.17, 15) is 0 Å².